The molecule has 1 unspecified atom stereocenters. The zero-order chi connectivity index (χ0) is 14.9. The number of ether oxygens (including phenoxy) is 2. The predicted molar refractivity (Wildman–Crippen MR) is 83.7 cm³/mol. The first-order valence-electron chi connectivity index (χ1n) is 8.05. The van der Waals surface area contributed by atoms with Crippen LogP contribution >= 0.6 is 0 Å². The van der Waals surface area contributed by atoms with Gasteiger partial charge in [0.25, 0.3) is 0 Å². The van der Waals surface area contributed by atoms with Crippen LogP contribution in [0.15, 0.2) is 23.8 Å². The maximum absolute atomic E-state index is 6.18. The van der Waals surface area contributed by atoms with Crippen molar-refractivity contribution < 1.29 is 14.3 Å². The molecule has 4 rings (SSSR count). The normalized spacial score (nSPS) is 24.5. The molecule has 1 atom stereocenters. The Balaban J connectivity index is 1.64. The summed E-state index contributed by atoms with van der Waals surface area (Å²) in [5.41, 5.74) is 6.52. The Bertz CT molecular complexity index is 594. The van der Waals surface area contributed by atoms with E-state index in [4.69, 9.17) is 14.3 Å². The van der Waals surface area contributed by atoms with Crippen molar-refractivity contribution in [1.82, 2.24) is 10.8 Å². The van der Waals surface area contributed by atoms with Gasteiger partial charge in [0, 0.05) is 24.2 Å². The Morgan fingerprint density at radius 3 is 2.86 bits per heavy atom. The molecule has 1 saturated heterocycles. The highest BCUT2D eigenvalue weighted by Crippen LogP contribution is 2.36. The molecule has 5 nitrogen and oxygen atoms in total. The molecule has 0 spiro atoms. The first-order chi connectivity index (χ1) is 10.8. The number of methoxy groups -OCH3 is 1. The number of benzene rings is 1. The summed E-state index contributed by atoms with van der Waals surface area (Å²) in [6.45, 7) is 1.74. The van der Waals surface area contributed by atoms with Gasteiger partial charge in [0.05, 0.1) is 18.9 Å². The van der Waals surface area contributed by atoms with Crippen molar-refractivity contribution in [3.05, 3.63) is 29.3 Å². The lowest BCUT2D eigenvalue weighted by Gasteiger charge is -2.17. The number of hydrogen-bond acceptors (Lipinski definition) is 5. The van der Waals surface area contributed by atoms with Crippen LogP contribution in [0, 0.1) is 0 Å². The van der Waals surface area contributed by atoms with Gasteiger partial charge in [-0.25, -0.2) is 0 Å². The molecule has 0 radical (unpaired) electrons. The second-order valence-corrected chi connectivity index (χ2v) is 6.13. The van der Waals surface area contributed by atoms with Gasteiger partial charge < -0.3 is 14.8 Å². The van der Waals surface area contributed by atoms with Gasteiger partial charge in [0.15, 0.2) is 11.5 Å². The van der Waals surface area contributed by atoms with Gasteiger partial charge in [-0.15, -0.1) is 0 Å². The van der Waals surface area contributed by atoms with Crippen LogP contribution in [-0.4, -0.2) is 32.4 Å². The molecule has 1 aromatic carbocycles. The number of hydroxylamine groups is 1. The zero-order valence-electron chi connectivity index (χ0n) is 12.9. The van der Waals surface area contributed by atoms with Gasteiger partial charge in [-0.3, -0.25) is 10.3 Å². The highest BCUT2D eigenvalue weighted by molar-refractivity contribution is 5.71. The van der Waals surface area contributed by atoms with E-state index in [1.165, 1.54) is 18.4 Å². The van der Waals surface area contributed by atoms with E-state index in [9.17, 15) is 0 Å². The molecule has 0 aromatic heterocycles. The molecule has 1 saturated carbocycles. The SMILES string of the molecule is COc1ccc(C2=C3CNCC3ON2)cc1OC1CCCC1. The third kappa shape index (κ3) is 2.44. The van der Waals surface area contributed by atoms with Crippen molar-refractivity contribution in [2.75, 3.05) is 20.2 Å². The van der Waals surface area contributed by atoms with Gasteiger partial charge in [-0.1, -0.05) is 0 Å². The topological polar surface area (TPSA) is 51.8 Å². The number of hydrogen-bond donors (Lipinski definition) is 2. The molecule has 2 N–H and O–H groups in total. The standard InChI is InChI=1S/C17H22N2O3/c1-20-14-7-6-11(8-15(14)21-12-4-2-3-5-12)17-13-9-18-10-16(13)22-19-17/h6-8,12,16,18-19H,2-5,9-10H2,1H3. The molecule has 2 fully saturated rings. The highest BCUT2D eigenvalue weighted by atomic mass is 16.7. The number of nitrogens with one attached hydrogen (secondary N) is 2. The number of fused-ring (bicyclic) bond motifs is 1. The summed E-state index contributed by atoms with van der Waals surface area (Å²) < 4.78 is 11.6. The van der Waals surface area contributed by atoms with E-state index >= 15 is 0 Å². The minimum absolute atomic E-state index is 0.149. The largest absolute Gasteiger partial charge is 0.493 e. The fourth-order valence-electron chi connectivity index (χ4n) is 3.49. The van der Waals surface area contributed by atoms with E-state index in [1.807, 2.05) is 6.07 Å². The molecule has 5 heteroatoms. The van der Waals surface area contributed by atoms with Gasteiger partial charge in [-0.05, 0) is 43.9 Å². The first kappa shape index (κ1) is 13.9. The summed E-state index contributed by atoms with van der Waals surface area (Å²) in [5.74, 6) is 1.62. The number of rotatable bonds is 4. The van der Waals surface area contributed by atoms with Crippen molar-refractivity contribution in [3.63, 3.8) is 0 Å². The van der Waals surface area contributed by atoms with E-state index < -0.39 is 0 Å². The quantitative estimate of drug-likeness (QED) is 0.893. The first-order valence-corrected chi connectivity index (χ1v) is 8.05. The van der Waals surface area contributed by atoms with Crippen molar-refractivity contribution in [2.45, 2.75) is 37.9 Å². The summed E-state index contributed by atoms with van der Waals surface area (Å²) in [7, 11) is 1.69. The average molecular weight is 302 g/mol. The molecule has 22 heavy (non-hydrogen) atoms. The Kier molecular flexibility index (Phi) is 3.68. The summed E-state index contributed by atoms with van der Waals surface area (Å²) in [6, 6.07) is 6.10. The fourth-order valence-corrected chi connectivity index (χ4v) is 3.49. The fraction of sp³-hybridized carbons (Fsp3) is 0.529. The third-order valence-corrected chi connectivity index (χ3v) is 4.71. The second-order valence-electron chi connectivity index (χ2n) is 6.13. The van der Waals surface area contributed by atoms with E-state index in [0.717, 1.165) is 48.7 Å². The zero-order valence-corrected chi connectivity index (χ0v) is 12.9. The van der Waals surface area contributed by atoms with Gasteiger partial charge in [0.1, 0.15) is 6.10 Å². The maximum atomic E-state index is 6.18. The Labute approximate surface area is 130 Å². The van der Waals surface area contributed by atoms with Crippen LogP contribution in [0.3, 0.4) is 0 Å². The van der Waals surface area contributed by atoms with Crippen molar-refractivity contribution in [1.29, 1.82) is 0 Å². The molecule has 1 aromatic rings. The Morgan fingerprint density at radius 2 is 2.05 bits per heavy atom. The van der Waals surface area contributed by atoms with Crippen LogP contribution in [0.1, 0.15) is 31.2 Å². The molecule has 1 aliphatic carbocycles. The molecule has 2 aliphatic heterocycles. The second kappa shape index (κ2) is 5.82. The molecule has 0 amide bonds. The summed E-state index contributed by atoms with van der Waals surface area (Å²) >= 11 is 0. The van der Waals surface area contributed by atoms with E-state index in [2.05, 4.69) is 22.9 Å². The monoisotopic (exact) mass is 302 g/mol. The lowest BCUT2D eigenvalue weighted by atomic mass is 10.0. The molecular weight excluding hydrogens is 280 g/mol. The highest BCUT2D eigenvalue weighted by Gasteiger charge is 2.31. The van der Waals surface area contributed by atoms with Crippen LogP contribution in [0.2, 0.25) is 0 Å². The van der Waals surface area contributed by atoms with Crippen LogP contribution in [0.5, 0.6) is 11.5 Å². The van der Waals surface area contributed by atoms with Crippen LogP contribution in [-0.2, 0) is 4.84 Å². The third-order valence-electron chi connectivity index (χ3n) is 4.71. The smallest absolute Gasteiger partial charge is 0.162 e. The summed E-state index contributed by atoms with van der Waals surface area (Å²) in [4.78, 5) is 5.62. The summed E-state index contributed by atoms with van der Waals surface area (Å²) in [5, 5.41) is 3.34. The Morgan fingerprint density at radius 1 is 1.18 bits per heavy atom. The van der Waals surface area contributed by atoms with E-state index in [1.54, 1.807) is 7.11 Å². The summed E-state index contributed by atoms with van der Waals surface area (Å²) in [6.07, 6.45) is 5.24. The van der Waals surface area contributed by atoms with Gasteiger partial charge in [-0.2, -0.15) is 0 Å². The van der Waals surface area contributed by atoms with Crippen molar-refractivity contribution in [2.24, 2.45) is 0 Å². The minimum Gasteiger partial charge on any atom is -0.493 e. The van der Waals surface area contributed by atoms with Crippen molar-refractivity contribution >= 4 is 5.70 Å². The van der Waals surface area contributed by atoms with E-state index in [-0.39, 0.29) is 6.10 Å². The molecule has 0 bridgehead atoms. The molecule has 118 valence electrons. The molecular formula is C17H22N2O3. The maximum Gasteiger partial charge on any atom is 0.162 e. The van der Waals surface area contributed by atoms with Crippen LogP contribution in [0.4, 0.5) is 0 Å². The average Bonchev–Trinajstić information content (AvgIpc) is 3.24. The Hall–Kier alpha value is -1.72. The van der Waals surface area contributed by atoms with Crippen LogP contribution in [0.25, 0.3) is 5.70 Å². The van der Waals surface area contributed by atoms with E-state index in [0.29, 0.717) is 6.10 Å². The van der Waals surface area contributed by atoms with Gasteiger partial charge >= 0.3 is 0 Å². The predicted octanol–water partition coefficient (Wildman–Crippen LogP) is 2.23. The lowest BCUT2D eigenvalue weighted by Crippen LogP contribution is -2.19. The molecule has 2 heterocycles. The van der Waals surface area contributed by atoms with Gasteiger partial charge in [0.2, 0.25) is 0 Å². The molecule has 3 aliphatic rings. The minimum atomic E-state index is 0.149. The lowest BCUT2D eigenvalue weighted by molar-refractivity contribution is 0.0560. The van der Waals surface area contributed by atoms with Crippen LogP contribution < -0.4 is 20.3 Å². The van der Waals surface area contributed by atoms with Crippen molar-refractivity contribution in [3.8, 4) is 11.5 Å².